The van der Waals surface area contributed by atoms with Gasteiger partial charge in [0.2, 0.25) is 5.91 Å². The molecule has 1 saturated heterocycles. The number of amides is 1. The van der Waals surface area contributed by atoms with Crippen molar-refractivity contribution in [3.05, 3.63) is 29.3 Å². The van der Waals surface area contributed by atoms with Crippen molar-refractivity contribution in [1.29, 1.82) is 0 Å². The molecule has 1 aromatic rings. The van der Waals surface area contributed by atoms with Gasteiger partial charge in [-0.2, -0.15) is 0 Å². The molecule has 2 aliphatic heterocycles. The molecule has 2 saturated carbocycles. The number of carbonyl (C=O) groups is 2. The summed E-state index contributed by atoms with van der Waals surface area (Å²) in [5, 5.41) is 0. The molecule has 0 aromatic heterocycles. The topological polar surface area (TPSA) is 46.6 Å². The van der Waals surface area contributed by atoms with Gasteiger partial charge < -0.3 is 9.64 Å². The van der Waals surface area contributed by atoms with E-state index in [1.54, 1.807) is 0 Å². The molecule has 4 aliphatic rings. The van der Waals surface area contributed by atoms with Gasteiger partial charge in [0, 0.05) is 24.9 Å². The summed E-state index contributed by atoms with van der Waals surface area (Å²) in [5.74, 6) is 1.97. The van der Waals surface area contributed by atoms with E-state index < -0.39 is 5.60 Å². The van der Waals surface area contributed by atoms with Crippen molar-refractivity contribution in [1.82, 2.24) is 4.90 Å². The Bertz CT molecular complexity index is 736. The average Bonchev–Trinajstić information content (AvgIpc) is 2.90. The molecule has 0 radical (unpaired) electrons. The highest BCUT2D eigenvalue weighted by Crippen LogP contribution is 2.66. The fourth-order valence-electron chi connectivity index (χ4n) is 5.41. The maximum atomic E-state index is 12.8. The SMILES string of the molecule is Cc1ccc2c(c1)C(=O)C[C@@]1(CC[C@@H]3[C@@H](C(=O)N4CCCC4)[C@@H]31)O2. The Kier molecular flexibility index (Phi) is 2.92. The summed E-state index contributed by atoms with van der Waals surface area (Å²) in [4.78, 5) is 27.6. The Morgan fingerprint density at radius 3 is 2.88 bits per heavy atom. The fourth-order valence-corrected chi connectivity index (χ4v) is 5.41. The van der Waals surface area contributed by atoms with Crippen LogP contribution in [0.3, 0.4) is 0 Å². The summed E-state index contributed by atoms with van der Waals surface area (Å²) in [6.45, 7) is 3.81. The number of fused-ring (bicyclic) bond motifs is 3. The zero-order chi connectivity index (χ0) is 16.5. The van der Waals surface area contributed by atoms with Gasteiger partial charge in [-0.15, -0.1) is 0 Å². The van der Waals surface area contributed by atoms with Crippen LogP contribution in [0.4, 0.5) is 0 Å². The highest BCUT2D eigenvalue weighted by atomic mass is 16.5. The molecule has 2 aliphatic carbocycles. The maximum absolute atomic E-state index is 12.8. The standard InChI is InChI=1S/C20H23NO3/c1-12-4-5-16-14(10-12)15(22)11-20(24-16)7-6-13-17(18(13)20)19(23)21-8-2-3-9-21/h4-5,10,13,17-18H,2-3,6-9,11H2,1H3/t13-,17-,18-,20-/m1/s1. The summed E-state index contributed by atoms with van der Waals surface area (Å²) in [7, 11) is 0. The van der Waals surface area contributed by atoms with Crippen molar-refractivity contribution in [2.75, 3.05) is 13.1 Å². The molecule has 2 heterocycles. The lowest BCUT2D eigenvalue weighted by molar-refractivity contribution is -0.133. The highest BCUT2D eigenvalue weighted by Gasteiger charge is 2.71. The van der Waals surface area contributed by atoms with Crippen molar-refractivity contribution >= 4 is 11.7 Å². The summed E-state index contributed by atoms with van der Waals surface area (Å²) >= 11 is 0. The molecule has 1 amide bonds. The largest absolute Gasteiger partial charge is 0.486 e. The van der Waals surface area contributed by atoms with Gasteiger partial charge in [-0.25, -0.2) is 0 Å². The molecule has 24 heavy (non-hydrogen) atoms. The normalized spacial score (nSPS) is 36.5. The maximum Gasteiger partial charge on any atom is 0.226 e. The number of nitrogens with zero attached hydrogens (tertiary/aromatic N) is 1. The van der Waals surface area contributed by atoms with E-state index >= 15 is 0 Å². The first-order valence-corrected chi connectivity index (χ1v) is 9.21. The molecule has 4 nitrogen and oxygen atoms in total. The van der Waals surface area contributed by atoms with Crippen LogP contribution >= 0.6 is 0 Å². The smallest absolute Gasteiger partial charge is 0.226 e. The number of ether oxygens (including phenoxy) is 1. The summed E-state index contributed by atoms with van der Waals surface area (Å²) in [5.41, 5.74) is 1.37. The number of benzene rings is 1. The van der Waals surface area contributed by atoms with Gasteiger partial charge in [0.25, 0.3) is 0 Å². The predicted octanol–water partition coefficient (Wildman–Crippen LogP) is 2.98. The lowest BCUT2D eigenvalue weighted by Gasteiger charge is -2.37. The lowest BCUT2D eigenvalue weighted by atomic mass is 9.84. The van der Waals surface area contributed by atoms with Crippen molar-refractivity contribution < 1.29 is 14.3 Å². The Hall–Kier alpha value is -1.84. The second kappa shape index (κ2) is 4.84. The molecule has 4 atom stereocenters. The van der Waals surface area contributed by atoms with Gasteiger partial charge in [-0.3, -0.25) is 9.59 Å². The molecule has 1 aromatic carbocycles. The van der Waals surface area contributed by atoms with E-state index in [1.165, 1.54) is 0 Å². The van der Waals surface area contributed by atoms with Gasteiger partial charge in [0.1, 0.15) is 11.4 Å². The van der Waals surface area contributed by atoms with Crippen molar-refractivity contribution in [3.63, 3.8) is 0 Å². The number of hydrogen-bond acceptors (Lipinski definition) is 3. The van der Waals surface area contributed by atoms with Gasteiger partial charge in [-0.05, 0) is 50.7 Å². The van der Waals surface area contributed by atoms with Gasteiger partial charge in [0.05, 0.1) is 12.0 Å². The number of ketones is 1. The molecular formula is C20H23NO3. The number of Topliss-reactive ketones (excluding diaryl/α,β-unsaturated/α-hetero) is 1. The van der Waals surface area contributed by atoms with Crippen molar-refractivity contribution in [2.45, 2.75) is 44.6 Å². The number of likely N-dealkylation sites (tertiary alicyclic amines) is 1. The number of hydrogen-bond donors (Lipinski definition) is 0. The quantitative estimate of drug-likeness (QED) is 0.797. The van der Waals surface area contributed by atoms with Crippen LogP contribution in [0.2, 0.25) is 0 Å². The number of aryl methyl sites for hydroxylation is 1. The third-order valence-corrected chi connectivity index (χ3v) is 6.59. The average molecular weight is 325 g/mol. The predicted molar refractivity (Wildman–Crippen MR) is 89.0 cm³/mol. The van der Waals surface area contributed by atoms with Crippen molar-refractivity contribution in [3.8, 4) is 5.75 Å². The molecule has 4 heteroatoms. The molecule has 0 N–H and O–H groups in total. The van der Waals surface area contributed by atoms with Crippen LogP contribution in [0.5, 0.6) is 5.75 Å². The second-order valence-corrected chi connectivity index (χ2v) is 8.05. The van der Waals surface area contributed by atoms with Crippen LogP contribution in [0.15, 0.2) is 18.2 Å². The Morgan fingerprint density at radius 1 is 1.29 bits per heavy atom. The Morgan fingerprint density at radius 2 is 2.08 bits per heavy atom. The third kappa shape index (κ3) is 1.92. The fraction of sp³-hybridized carbons (Fsp3) is 0.600. The van der Waals surface area contributed by atoms with Crippen LogP contribution in [-0.2, 0) is 4.79 Å². The van der Waals surface area contributed by atoms with Crippen LogP contribution in [0.25, 0.3) is 0 Å². The highest BCUT2D eigenvalue weighted by molar-refractivity contribution is 6.01. The minimum Gasteiger partial charge on any atom is -0.486 e. The third-order valence-electron chi connectivity index (χ3n) is 6.59. The van der Waals surface area contributed by atoms with Gasteiger partial charge in [0.15, 0.2) is 5.78 Å². The minimum absolute atomic E-state index is 0.0941. The first-order valence-electron chi connectivity index (χ1n) is 9.21. The second-order valence-electron chi connectivity index (χ2n) is 8.05. The van der Waals surface area contributed by atoms with Gasteiger partial charge >= 0.3 is 0 Å². The molecular weight excluding hydrogens is 302 g/mol. The summed E-state index contributed by atoms with van der Waals surface area (Å²) < 4.78 is 6.41. The molecule has 1 spiro atoms. The van der Waals surface area contributed by atoms with Crippen LogP contribution in [-0.4, -0.2) is 35.3 Å². The zero-order valence-electron chi connectivity index (χ0n) is 14.1. The lowest BCUT2D eigenvalue weighted by Crippen LogP contribution is -2.44. The Balaban J connectivity index is 1.42. The molecule has 5 rings (SSSR count). The van der Waals surface area contributed by atoms with Crippen molar-refractivity contribution in [2.24, 2.45) is 17.8 Å². The molecule has 3 fully saturated rings. The van der Waals surface area contributed by atoms with E-state index in [9.17, 15) is 9.59 Å². The number of rotatable bonds is 1. The zero-order valence-corrected chi connectivity index (χ0v) is 14.1. The first kappa shape index (κ1) is 14.5. The van der Waals surface area contributed by atoms with E-state index in [2.05, 4.69) is 0 Å². The van der Waals surface area contributed by atoms with E-state index in [0.29, 0.717) is 23.8 Å². The van der Waals surface area contributed by atoms with Gasteiger partial charge in [-0.1, -0.05) is 11.6 Å². The number of carbonyl (C=O) groups excluding carboxylic acids is 2. The van der Waals surface area contributed by atoms with E-state index in [-0.39, 0.29) is 17.6 Å². The van der Waals surface area contributed by atoms with Crippen LogP contribution in [0, 0.1) is 24.7 Å². The molecule has 126 valence electrons. The summed E-state index contributed by atoms with van der Waals surface area (Å²) in [6, 6.07) is 5.85. The van der Waals surface area contributed by atoms with E-state index in [0.717, 1.165) is 50.1 Å². The van der Waals surface area contributed by atoms with Crippen LogP contribution < -0.4 is 4.74 Å². The monoisotopic (exact) mass is 325 g/mol. The first-order chi connectivity index (χ1) is 11.6. The van der Waals surface area contributed by atoms with E-state index in [4.69, 9.17) is 4.74 Å². The Labute approximate surface area is 142 Å². The summed E-state index contributed by atoms with van der Waals surface area (Å²) in [6.07, 6.45) is 4.62. The molecule has 0 bridgehead atoms. The molecule has 0 unspecified atom stereocenters. The minimum atomic E-state index is -0.427. The van der Waals surface area contributed by atoms with Crippen LogP contribution in [0.1, 0.15) is 48.0 Å². The van der Waals surface area contributed by atoms with E-state index in [1.807, 2.05) is 30.0 Å².